The summed E-state index contributed by atoms with van der Waals surface area (Å²) < 4.78 is 27.9. The van der Waals surface area contributed by atoms with E-state index in [4.69, 9.17) is 21.6 Å². The predicted molar refractivity (Wildman–Crippen MR) is 143 cm³/mol. The summed E-state index contributed by atoms with van der Waals surface area (Å²) in [6, 6.07) is 14.4. The van der Waals surface area contributed by atoms with Crippen LogP contribution in [0, 0.1) is 11.8 Å². The molecule has 0 amide bonds. The fraction of sp³-hybridized carbons (Fsp3) is 0.462. The van der Waals surface area contributed by atoms with E-state index in [0.29, 0.717) is 29.4 Å². The summed E-state index contributed by atoms with van der Waals surface area (Å²) >= 11 is 5.94. The van der Waals surface area contributed by atoms with Crippen LogP contribution in [0.5, 0.6) is 0 Å². The van der Waals surface area contributed by atoms with Crippen LogP contribution in [0.4, 0.5) is 11.8 Å². The van der Waals surface area contributed by atoms with E-state index < -0.39 is 10.0 Å². The molecule has 0 saturated heterocycles. The van der Waals surface area contributed by atoms with Crippen molar-refractivity contribution < 1.29 is 8.42 Å². The van der Waals surface area contributed by atoms with E-state index in [1.165, 1.54) is 6.07 Å². The Bertz CT molecular complexity index is 1270. The van der Waals surface area contributed by atoms with Gasteiger partial charge in [0.05, 0.1) is 10.4 Å². The number of nitrogens with zero attached hydrogens (tertiary/aromatic N) is 2. The van der Waals surface area contributed by atoms with E-state index in [2.05, 4.69) is 36.1 Å². The highest BCUT2D eigenvalue weighted by Gasteiger charge is 2.24. The van der Waals surface area contributed by atoms with Gasteiger partial charge in [-0.15, -0.1) is 0 Å². The zero-order valence-corrected chi connectivity index (χ0v) is 22.1. The Morgan fingerprint density at radius 3 is 2.31 bits per heavy atom. The lowest BCUT2D eigenvalue weighted by molar-refractivity contribution is 0.284. The molecule has 4 rings (SSSR count). The van der Waals surface area contributed by atoms with E-state index in [9.17, 15) is 8.42 Å². The van der Waals surface area contributed by atoms with Crippen LogP contribution in [0.3, 0.4) is 0 Å². The Kier molecular flexibility index (Phi) is 7.83. The van der Waals surface area contributed by atoms with Crippen LogP contribution >= 0.6 is 11.6 Å². The van der Waals surface area contributed by atoms with Crippen LogP contribution in [0.15, 0.2) is 53.4 Å². The van der Waals surface area contributed by atoms with Crippen molar-refractivity contribution in [1.82, 2.24) is 14.7 Å². The number of anilines is 2. The largest absolute Gasteiger partial charge is 0.365 e. The topological polar surface area (TPSA) is 96.0 Å². The van der Waals surface area contributed by atoms with Crippen LogP contribution in [-0.4, -0.2) is 37.0 Å². The van der Waals surface area contributed by atoms with Crippen LogP contribution in [0.25, 0.3) is 10.9 Å². The van der Waals surface area contributed by atoms with Crippen LogP contribution in [0.1, 0.15) is 46.5 Å². The van der Waals surface area contributed by atoms with Gasteiger partial charge in [-0.05, 0) is 88.6 Å². The standard InChI is InChI=1S/C26H34ClN5O2S/c1-26(2,3)32-24-22-9-4-5-10-23(22)30-25(31-24)28-16-18-11-13-19(14-12-18)17-29-35(33,34)21-8-6-7-20(27)15-21/h4-10,15,18-19,29H,11-14,16-17H2,1-3H3,(H2,28,30,31,32). The number of hydrogen-bond acceptors (Lipinski definition) is 6. The predicted octanol–water partition coefficient (Wildman–Crippen LogP) is 5.69. The first-order chi connectivity index (χ1) is 16.6. The smallest absolute Gasteiger partial charge is 0.240 e. The lowest BCUT2D eigenvalue weighted by Crippen LogP contribution is -2.32. The van der Waals surface area contributed by atoms with E-state index in [1.54, 1.807) is 18.2 Å². The van der Waals surface area contributed by atoms with Crippen LogP contribution in [-0.2, 0) is 10.0 Å². The second kappa shape index (κ2) is 10.7. The van der Waals surface area contributed by atoms with Gasteiger partial charge in [0, 0.05) is 29.0 Å². The second-order valence-electron chi connectivity index (χ2n) is 10.4. The lowest BCUT2D eigenvalue weighted by Gasteiger charge is -2.29. The highest BCUT2D eigenvalue weighted by molar-refractivity contribution is 7.89. The summed E-state index contributed by atoms with van der Waals surface area (Å²) in [5, 5.41) is 8.36. The Hall–Kier alpha value is -2.42. The number of rotatable bonds is 8. The molecule has 1 aliphatic carbocycles. The summed E-state index contributed by atoms with van der Waals surface area (Å²) in [7, 11) is -3.55. The number of halogens is 1. The average Bonchev–Trinajstić information content (AvgIpc) is 2.81. The summed E-state index contributed by atoms with van der Waals surface area (Å²) in [4.78, 5) is 9.67. The number of hydrogen-bond donors (Lipinski definition) is 3. The molecular formula is C26H34ClN5O2S. The molecule has 0 atom stereocenters. The Morgan fingerprint density at radius 2 is 1.63 bits per heavy atom. The minimum absolute atomic E-state index is 0.110. The number of para-hydroxylation sites is 1. The SMILES string of the molecule is CC(C)(C)Nc1nc(NCC2CCC(CNS(=O)(=O)c3cccc(Cl)c3)CC2)nc2ccccc12. The fourth-order valence-corrected chi connectivity index (χ4v) is 5.84. The minimum Gasteiger partial charge on any atom is -0.365 e. The van der Waals surface area contributed by atoms with Gasteiger partial charge in [-0.2, -0.15) is 4.98 Å². The maximum absolute atomic E-state index is 12.6. The zero-order chi connectivity index (χ0) is 25.1. The molecule has 7 nitrogen and oxygen atoms in total. The maximum Gasteiger partial charge on any atom is 0.240 e. The van der Waals surface area contributed by atoms with Gasteiger partial charge < -0.3 is 10.6 Å². The first kappa shape index (κ1) is 25.7. The van der Waals surface area contributed by atoms with Gasteiger partial charge in [0.25, 0.3) is 0 Å². The summed E-state index contributed by atoms with van der Waals surface area (Å²) in [6.45, 7) is 7.60. The van der Waals surface area contributed by atoms with Crippen LogP contribution < -0.4 is 15.4 Å². The Balaban J connectivity index is 1.30. The molecule has 0 bridgehead atoms. The van der Waals surface area contributed by atoms with Gasteiger partial charge in [-0.25, -0.2) is 18.1 Å². The Morgan fingerprint density at radius 1 is 0.943 bits per heavy atom. The first-order valence-corrected chi connectivity index (χ1v) is 14.0. The summed E-state index contributed by atoms with van der Waals surface area (Å²) in [5.41, 5.74) is 0.800. The second-order valence-corrected chi connectivity index (χ2v) is 12.6. The number of benzene rings is 2. The van der Waals surface area contributed by atoms with Crippen molar-refractivity contribution in [2.45, 2.75) is 56.9 Å². The monoisotopic (exact) mass is 515 g/mol. The molecule has 35 heavy (non-hydrogen) atoms. The molecular weight excluding hydrogens is 482 g/mol. The highest BCUT2D eigenvalue weighted by atomic mass is 35.5. The first-order valence-electron chi connectivity index (χ1n) is 12.1. The molecule has 1 aromatic heterocycles. The normalized spacial score (nSPS) is 19.0. The molecule has 1 fully saturated rings. The van der Waals surface area contributed by atoms with E-state index >= 15 is 0 Å². The van der Waals surface area contributed by atoms with Crippen molar-refractivity contribution in [3.05, 3.63) is 53.6 Å². The molecule has 0 aliphatic heterocycles. The molecule has 188 valence electrons. The van der Waals surface area contributed by atoms with E-state index in [-0.39, 0.29) is 10.4 Å². The number of sulfonamides is 1. The van der Waals surface area contributed by atoms with Gasteiger partial charge in [0.1, 0.15) is 5.82 Å². The van der Waals surface area contributed by atoms with Crippen molar-refractivity contribution in [3.63, 3.8) is 0 Å². The zero-order valence-electron chi connectivity index (χ0n) is 20.5. The van der Waals surface area contributed by atoms with Crippen molar-refractivity contribution in [3.8, 4) is 0 Å². The average molecular weight is 516 g/mol. The molecule has 0 spiro atoms. The molecule has 0 unspecified atom stereocenters. The lowest BCUT2D eigenvalue weighted by atomic mass is 9.82. The minimum atomic E-state index is -3.55. The fourth-order valence-electron chi connectivity index (χ4n) is 4.43. The molecule has 0 radical (unpaired) electrons. The molecule has 2 aromatic carbocycles. The van der Waals surface area contributed by atoms with E-state index in [0.717, 1.165) is 48.9 Å². The molecule has 1 saturated carbocycles. The van der Waals surface area contributed by atoms with Gasteiger partial charge in [-0.1, -0.05) is 29.8 Å². The third-order valence-electron chi connectivity index (χ3n) is 6.28. The van der Waals surface area contributed by atoms with Gasteiger partial charge in [0.2, 0.25) is 16.0 Å². The van der Waals surface area contributed by atoms with E-state index in [1.807, 2.05) is 24.3 Å². The molecule has 9 heteroatoms. The highest BCUT2D eigenvalue weighted by Crippen LogP contribution is 2.30. The molecule has 3 aromatic rings. The third-order valence-corrected chi connectivity index (χ3v) is 7.94. The van der Waals surface area contributed by atoms with Gasteiger partial charge in [-0.3, -0.25) is 0 Å². The number of nitrogens with one attached hydrogen (secondary N) is 3. The quantitative estimate of drug-likeness (QED) is 0.356. The summed E-state index contributed by atoms with van der Waals surface area (Å²) in [6.07, 6.45) is 4.05. The Labute approximate surface area is 213 Å². The van der Waals surface area contributed by atoms with Gasteiger partial charge in [0.15, 0.2) is 0 Å². The molecule has 1 aliphatic rings. The van der Waals surface area contributed by atoms with Crippen molar-refractivity contribution in [2.75, 3.05) is 23.7 Å². The third kappa shape index (κ3) is 7.06. The van der Waals surface area contributed by atoms with Crippen LogP contribution in [0.2, 0.25) is 5.02 Å². The van der Waals surface area contributed by atoms with Crippen molar-refractivity contribution in [2.24, 2.45) is 11.8 Å². The maximum atomic E-state index is 12.6. The van der Waals surface area contributed by atoms with Crippen molar-refractivity contribution >= 4 is 44.3 Å². The number of aromatic nitrogens is 2. The number of fused-ring (bicyclic) bond motifs is 1. The molecule has 1 heterocycles. The molecule has 3 N–H and O–H groups in total. The van der Waals surface area contributed by atoms with Gasteiger partial charge >= 0.3 is 0 Å². The summed E-state index contributed by atoms with van der Waals surface area (Å²) in [5.74, 6) is 2.30. The van der Waals surface area contributed by atoms with Crippen molar-refractivity contribution in [1.29, 1.82) is 0 Å².